The number of para-hydroxylation sites is 1. The second-order valence-corrected chi connectivity index (χ2v) is 9.89. The third kappa shape index (κ3) is 5.67. The van der Waals surface area contributed by atoms with Gasteiger partial charge in [0.05, 0.1) is 23.4 Å². The van der Waals surface area contributed by atoms with E-state index in [4.69, 9.17) is 16.3 Å². The zero-order valence-corrected chi connectivity index (χ0v) is 22.3. The Hall–Kier alpha value is -4.53. The number of halogens is 1. The van der Waals surface area contributed by atoms with Gasteiger partial charge < -0.3 is 15.4 Å². The van der Waals surface area contributed by atoms with Crippen molar-refractivity contribution < 1.29 is 19.1 Å². The fraction of sp³-hybridized carbons (Fsp3) is 0.0333. The second-order valence-electron chi connectivity index (χ2n) is 8.40. The van der Waals surface area contributed by atoms with E-state index in [0.29, 0.717) is 38.3 Å². The number of anilines is 3. The number of carbonyl (C=O) groups excluding carboxylic acids is 3. The Morgan fingerprint density at radius 2 is 1.51 bits per heavy atom. The van der Waals surface area contributed by atoms with Crippen molar-refractivity contribution >= 4 is 58.1 Å². The monoisotopic (exact) mass is 555 g/mol. The summed E-state index contributed by atoms with van der Waals surface area (Å²) in [6.07, 6.45) is 0. The molecule has 0 saturated heterocycles. The number of thioether (sulfide) groups is 1. The number of benzene rings is 4. The second kappa shape index (κ2) is 11.5. The van der Waals surface area contributed by atoms with Crippen LogP contribution in [-0.2, 0) is 9.59 Å². The molecule has 0 unspecified atom stereocenters. The summed E-state index contributed by atoms with van der Waals surface area (Å²) in [5.74, 6) is -0.677. The minimum Gasteiger partial charge on any atom is -0.497 e. The fourth-order valence-electron chi connectivity index (χ4n) is 3.95. The van der Waals surface area contributed by atoms with E-state index in [1.165, 1.54) is 0 Å². The minimum absolute atomic E-state index is 0.164. The molecule has 0 saturated carbocycles. The standard InChI is InChI=1S/C30H22ClN3O4S/c1-38-22-16-14-21(15-17-22)34-29(36)26(32-19-8-3-2-4-9-19)27(30(34)37)39-23-11-7-10-20(18-23)33-28(35)24-12-5-6-13-25(24)31/h2-18,32H,1H3,(H,33,35). The fourth-order valence-corrected chi connectivity index (χ4v) is 5.15. The maximum Gasteiger partial charge on any atom is 0.283 e. The molecule has 7 nitrogen and oxygen atoms in total. The van der Waals surface area contributed by atoms with Crippen molar-refractivity contribution in [3.63, 3.8) is 0 Å². The smallest absolute Gasteiger partial charge is 0.283 e. The van der Waals surface area contributed by atoms with Crippen LogP contribution in [0.15, 0.2) is 119 Å². The van der Waals surface area contributed by atoms with Crippen LogP contribution in [0.1, 0.15) is 10.4 Å². The third-order valence-corrected chi connectivity index (χ3v) is 7.25. The summed E-state index contributed by atoms with van der Waals surface area (Å²) in [6.45, 7) is 0. The first kappa shape index (κ1) is 26.1. The molecule has 0 spiro atoms. The number of imide groups is 1. The lowest BCUT2D eigenvalue weighted by molar-refractivity contribution is -0.120. The van der Waals surface area contributed by atoms with E-state index in [9.17, 15) is 14.4 Å². The lowest BCUT2D eigenvalue weighted by Gasteiger charge is -2.15. The molecule has 4 aromatic carbocycles. The van der Waals surface area contributed by atoms with Crippen LogP contribution >= 0.6 is 23.4 Å². The van der Waals surface area contributed by atoms with Gasteiger partial charge in [-0.2, -0.15) is 0 Å². The SMILES string of the molecule is COc1ccc(N2C(=O)C(Nc3ccccc3)=C(Sc3cccc(NC(=O)c4ccccc4Cl)c3)C2=O)cc1. The molecular weight excluding hydrogens is 534 g/mol. The van der Waals surface area contributed by atoms with Gasteiger partial charge in [0, 0.05) is 16.3 Å². The molecule has 1 aliphatic rings. The van der Waals surface area contributed by atoms with Gasteiger partial charge in [-0.15, -0.1) is 0 Å². The quantitative estimate of drug-likeness (QED) is 0.238. The van der Waals surface area contributed by atoms with Crippen molar-refractivity contribution in [1.29, 1.82) is 0 Å². The summed E-state index contributed by atoms with van der Waals surface area (Å²) in [4.78, 5) is 42.0. The van der Waals surface area contributed by atoms with Crippen molar-refractivity contribution in [3.8, 4) is 5.75 Å². The van der Waals surface area contributed by atoms with Crippen molar-refractivity contribution in [2.24, 2.45) is 0 Å². The predicted octanol–water partition coefficient (Wildman–Crippen LogP) is 6.59. The molecule has 0 radical (unpaired) electrons. The number of rotatable bonds is 8. The van der Waals surface area contributed by atoms with Gasteiger partial charge in [0.1, 0.15) is 16.4 Å². The lowest BCUT2D eigenvalue weighted by Crippen LogP contribution is -2.32. The Labute approximate surface area is 234 Å². The van der Waals surface area contributed by atoms with E-state index in [2.05, 4.69) is 10.6 Å². The Morgan fingerprint density at radius 3 is 2.23 bits per heavy atom. The first-order valence-corrected chi connectivity index (χ1v) is 13.1. The van der Waals surface area contributed by atoms with E-state index in [0.717, 1.165) is 16.7 Å². The highest BCUT2D eigenvalue weighted by Crippen LogP contribution is 2.39. The van der Waals surface area contributed by atoms with E-state index < -0.39 is 11.8 Å². The Bertz CT molecular complexity index is 1590. The number of amides is 3. The highest BCUT2D eigenvalue weighted by molar-refractivity contribution is 8.04. The molecule has 0 bridgehead atoms. The molecule has 1 aliphatic heterocycles. The van der Waals surface area contributed by atoms with E-state index in [1.807, 2.05) is 30.3 Å². The summed E-state index contributed by atoms with van der Waals surface area (Å²) in [6, 6.07) is 29.7. The van der Waals surface area contributed by atoms with Crippen LogP contribution in [0.3, 0.4) is 0 Å². The van der Waals surface area contributed by atoms with Crippen molar-refractivity contribution in [3.05, 3.63) is 124 Å². The summed E-state index contributed by atoms with van der Waals surface area (Å²) in [7, 11) is 1.55. The molecule has 4 aromatic rings. The highest BCUT2D eigenvalue weighted by Gasteiger charge is 2.40. The molecule has 1 heterocycles. The van der Waals surface area contributed by atoms with Crippen LogP contribution in [0.5, 0.6) is 5.75 Å². The zero-order valence-electron chi connectivity index (χ0n) is 20.7. The Kier molecular flexibility index (Phi) is 7.67. The molecule has 5 rings (SSSR count). The lowest BCUT2D eigenvalue weighted by atomic mass is 10.2. The summed E-state index contributed by atoms with van der Waals surface area (Å²) in [5, 5.41) is 6.31. The van der Waals surface area contributed by atoms with E-state index in [1.54, 1.807) is 79.9 Å². The molecule has 39 heavy (non-hydrogen) atoms. The van der Waals surface area contributed by atoms with Crippen LogP contribution in [0.25, 0.3) is 0 Å². The molecule has 9 heteroatoms. The summed E-state index contributed by atoms with van der Waals surface area (Å²) >= 11 is 7.30. The molecule has 0 aromatic heterocycles. The minimum atomic E-state index is -0.473. The van der Waals surface area contributed by atoms with Crippen molar-refractivity contribution in [2.75, 3.05) is 22.6 Å². The molecule has 194 valence electrons. The normalized spacial score (nSPS) is 13.0. The molecular formula is C30H22ClN3O4S. The highest BCUT2D eigenvalue weighted by atomic mass is 35.5. The average Bonchev–Trinajstić information content (AvgIpc) is 3.18. The van der Waals surface area contributed by atoms with Gasteiger partial charge in [-0.25, -0.2) is 4.90 Å². The maximum absolute atomic E-state index is 13.6. The van der Waals surface area contributed by atoms with Gasteiger partial charge >= 0.3 is 0 Å². The third-order valence-electron chi connectivity index (χ3n) is 5.85. The van der Waals surface area contributed by atoms with Gasteiger partial charge in [-0.05, 0) is 66.7 Å². The van der Waals surface area contributed by atoms with E-state index in [-0.39, 0.29) is 16.5 Å². The summed E-state index contributed by atoms with van der Waals surface area (Å²) in [5.41, 5.74) is 2.13. The van der Waals surface area contributed by atoms with Crippen LogP contribution in [0, 0.1) is 0 Å². The van der Waals surface area contributed by atoms with Gasteiger partial charge in [0.2, 0.25) is 0 Å². The Balaban J connectivity index is 1.45. The van der Waals surface area contributed by atoms with Gasteiger partial charge in [0.15, 0.2) is 0 Å². The summed E-state index contributed by atoms with van der Waals surface area (Å²) < 4.78 is 5.21. The molecule has 0 atom stereocenters. The van der Waals surface area contributed by atoms with Crippen LogP contribution < -0.4 is 20.3 Å². The average molecular weight is 556 g/mol. The van der Waals surface area contributed by atoms with Crippen molar-refractivity contribution in [1.82, 2.24) is 0 Å². The van der Waals surface area contributed by atoms with Crippen LogP contribution in [0.2, 0.25) is 5.02 Å². The largest absolute Gasteiger partial charge is 0.497 e. The number of hydrogen-bond donors (Lipinski definition) is 2. The predicted molar refractivity (Wildman–Crippen MR) is 154 cm³/mol. The topological polar surface area (TPSA) is 87.7 Å². The number of nitrogens with one attached hydrogen (secondary N) is 2. The Morgan fingerprint density at radius 1 is 0.821 bits per heavy atom. The number of carbonyl (C=O) groups is 3. The van der Waals surface area contributed by atoms with E-state index >= 15 is 0 Å². The number of ether oxygens (including phenoxy) is 1. The molecule has 2 N–H and O–H groups in total. The van der Waals surface area contributed by atoms with Crippen molar-refractivity contribution in [2.45, 2.75) is 4.90 Å². The molecule has 3 amide bonds. The van der Waals surface area contributed by atoms with Crippen LogP contribution in [-0.4, -0.2) is 24.8 Å². The first-order valence-electron chi connectivity index (χ1n) is 11.9. The number of methoxy groups -OCH3 is 1. The number of nitrogens with zero attached hydrogens (tertiary/aromatic N) is 1. The maximum atomic E-state index is 13.6. The van der Waals surface area contributed by atoms with Gasteiger partial charge in [-0.3, -0.25) is 14.4 Å². The zero-order chi connectivity index (χ0) is 27.4. The molecule has 0 aliphatic carbocycles. The first-order chi connectivity index (χ1) is 18.9. The van der Waals surface area contributed by atoms with Gasteiger partial charge in [-0.1, -0.05) is 59.8 Å². The molecule has 0 fully saturated rings. The van der Waals surface area contributed by atoms with Gasteiger partial charge in [0.25, 0.3) is 17.7 Å². The number of hydrogen-bond acceptors (Lipinski definition) is 6. The van der Waals surface area contributed by atoms with Crippen LogP contribution in [0.4, 0.5) is 17.1 Å².